The van der Waals surface area contributed by atoms with E-state index >= 15 is 0 Å². The van der Waals surface area contributed by atoms with E-state index in [1.54, 1.807) is 12.1 Å². The summed E-state index contributed by atoms with van der Waals surface area (Å²) in [6.07, 6.45) is 0. The minimum absolute atomic E-state index is 0.343. The highest BCUT2D eigenvalue weighted by molar-refractivity contribution is 7.91. The zero-order chi connectivity index (χ0) is 14.5. The number of rotatable bonds is 5. The first-order valence-corrected chi connectivity index (χ1v) is 7.06. The van der Waals surface area contributed by atoms with Gasteiger partial charge in [0.05, 0.1) is 24.8 Å². The number of aromatic nitrogens is 1. The van der Waals surface area contributed by atoms with Crippen LogP contribution in [0.1, 0.15) is 10.5 Å². The highest BCUT2D eigenvalue weighted by Gasteiger charge is 2.32. The van der Waals surface area contributed by atoms with E-state index in [-0.39, 0.29) is 9.90 Å². The summed E-state index contributed by atoms with van der Waals surface area (Å²) in [5.74, 6) is -0.895. The third-order valence-electron chi connectivity index (χ3n) is 1.98. The van der Waals surface area contributed by atoms with Crippen LogP contribution in [-0.2, 0) is 14.8 Å². The molecule has 0 aromatic carbocycles. The molecular formula is C9H8N4O4S2. The first-order chi connectivity index (χ1) is 8.98. The predicted molar refractivity (Wildman–Crippen MR) is 63.4 cm³/mol. The average Bonchev–Trinajstić information content (AvgIpc) is 2.87. The predicted octanol–water partition coefficient (Wildman–Crippen LogP) is -0.0324. The number of nitrogens with zero attached hydrogens (tertiary/aromatic N) is 4. The van der Waals surface area contributed by atoms with E-state index in [9.17, 15) is 13.2 Å². The lowest BCUT2D eigenvalue weighted by molar-refractivity contribution is 0.0590. The van der Waals surface area contributed by atoms with Gasteiger partial charge in [0, 0.05) is 0 Å². The van der Waals surface area contributed by atoms with E-state index < -0.39 is 29.1 Å². The molecule has 0 radical (unpaired) electrons. The van der Waals surface area contributed by atoms with Crippen LogP contribution in [0.25, 0.3) is 0 Å². The molecule has 1 rings (SSSR count). The van der Waals surface area contributed by atoms with Crippen LogP contribution >= 0.6 is 11.3 Å². The summed E-state index contributed by atoms with van der Waals surface area (Å²) in [4.78, 5) is 15.0. The van der Waals surface area contributed by atoms with Crippen LogP contribution < -0.4 is 0 Å². The Morgan fingerprint density at radius 2 is 2.05 bits per heavy atom. The third-order valence-corrected chi connectivity index (χ3v) is 5.12. The van der Waals surface area contributed by atoms with E-state index in [1.165, 1.54) is 5.51 Å². The molecule has 0 amide bonds. The van der Waals surface area contributed by atoms with Gasteiger partial charge in [-0.25, -0.2) is 18.2 Å². The highest BCUT2D eigenvalue weighted by atomic mass is 32.2. The van der Waals surface area contributed by atoms with Gasteiger partial charge in [0.1, 0.15) is 13.1 Å². The van der Waals surface area contributed by atoms with Gasteiger partial charge in [-0.3, -0.25) is 0 Å². The summed E-state index contributed by atoms with van der Waals surface area (Å²) in [5, 5.41) is 17.2. The topological polar surface area (TPSA) is 124 Å². The Labute approximate surface area is 113 Å². The van der Waals surface area contributed by atoms with Gasteiger partial charge >= 0.3 is 5.97 Å². The van der Waals surface area contributed by atoms with Gasteiger partial charge in [0.25, 0.3) is 10.0 Å². The Balaban J connectivity index is 3.28. The molecule has 10 heteroatoms. The molecule has 100 valence electrons. The van der Waals surface area contributed by atoms with Crippen LogP contribution in [0.5, 0.6) is 0 Å². The average molecular weight is 300 g/mol. The summed E-state index contributed by atoms with van der Waals surface area (Å²) in [7, 11) is -3.03. The number of carbonyl (C=O) groups excluding carboxylic acids is 1. The molecule has 1 aromatic heterocycles. The fourth-order valence-electron chi connectivity index (χ4n) is 1.15. The van der Waals surface area contributed by atoms with Crippen molar-refractivity contribution in [1.82, 2.24) is 9.29 Å². The molecule has 0 spiro atoms. The molecule has 8 nitrogen and oxygen atoms in total. The van der Waals surface area contributed by atoms with Crippen molar-refractivity contribution in [1.29, 1.82) is 10.5 Å². The zero-order valence-electron chi connectivity index (χ0n) is 9.73. The Kier molecular flexibility index (Phi) is 4.94. The first kappa shape index (κ1) is 15.0. The van der Waals surface area contributed by atoms with E-state index in [0.29, 0.717) is 4.31 Å². The Morgan fingerprint density at radius 3 is 2.53 bits per heavy atom. The van der Waals surface area contributed by atoms with Crippen molar-refractivity contribution in [2.75, 3.05) is 20.2 Å². The number of nitriles is 2. The maximum Gasteiger partial charge on any atom is 0.358 e. The molecule has 0 saturated heterocycles. The summed E-state index contributed by atoms with van der Waals surface area (Å²) in [5.41, 5.74) is 0.823. The van der Waals surface area contributed by atoms with Gasteiger partial charge < -0.3 is 4.74 Å². The molecule has 0 unspecified atom stereocenters. The summed E-state index contributed by atoms with van der Waals surface area (Å²) < 4.78 is 29.1. The molecular weight excluding hydrogens is 292 g/mol. The fraction of sp³-hybridized carbons (Fsp3) is 0.333. The van der Waals surface area contributed by atoms with E-state index in [2.05, 4.69) is 9.72 Å². The van der Waals surface area contributed by atoms with Crippen molar-refractivity contribution in [3.05, 3.63) is 11.2 Å². The first-order valence-electron chi connectivity index (χ1n) is 4.74. The summed E-state index contributed by atoms with van der Waals surface area (Å²) >= 11 is 0.720. The Hall–Kier alpha value is -2.01. The second-order valence-electron chi connectivity index (χ2n) is 3.07. The molecule has 1 heterocycles. The number of esters is 1. The molecule has 0 aliphatic rings. The van der Waals surface area contributed by atoms with Crippen LogP contribution in [-0.4, -0.2) is 43.9 Å². The molecule has 1 aromatic rings. The van der Waals surface area contributed by atoms with Crippen molar-refractivity contribution in [3.63, 3.8) is 0 Å². The van der Waals surface area contributed by atoms with E-state index in [0.717, 1.165) is 18.4 Å². The minimum atomic E-state index is -4.12. The largest absolute Gasteiger partial charge is 0.464 e. The normalized spacial score (nSPS) is 10.7. The number of sulfonamides is 1. The van der Waals surface area contributed by atoms with Crippen molar-refractivity contribution >= 4 is 27.3 Å². The molecule has 0 aliphatic heterocycles. The van der Waals surface area contributed by atoms with Crippen LogP contribution in [0, 0.1) is 22.7 Å². The number of hydrogen-bond acceptors (Lipinski definition) is 8. The van der Waals surface area contributed by atoms with Gasteiger partial charge in [-0.1, -0.05) is 0 Å². The lowest BCUT2D eigenvalue weighted by Gasteiger charge is -2.14. The van der Waals surface area contributed by atoms with Gasteiger partial charge in [-0.15, -0.1) is 11.3 Å². The Bertz CT molecular complexity index is 636. The van der Waals surface area contributed by atoms with E-state index in [1.807, 2.05) is 0 Å². The van der Waals surface area contributed by atoms with Crippen LogP contribution in [0.3, 0.4) is 0 Å². The second-order valence-corrected chi connectivity index (χ2v) is 6.06. The maximum absolute atomic E-state index is 12.2. The van der Waals surface area contributed by atoms with E-state index in [4.69, 9.17) is 10.5 Å². The smallest absolute Gasteiger partial charge is 0.358 e. The number of methoxy groups -OCH3 is 1. The SMILES string of the molecule is COC(=O)c1ncsc1S(=O)(=O)N(CC#N)CC#N. The maximum atomic E-state index is 12.2. The lowest BCUT2D eigenvalue weighted by atomic mass is 10.5. The van der Waals surface area contributed by atoms with Crippen LogP contribution in [0.4, 0.5) is 0 Å². The summed E-state index contributed by atoms with van der Waals surface area (Å²) in [6.45, 7) is -0.983. The number of carbonyl (C=O) groups is 1. The minimum Gasteiger partial charge on any atom is -0.464 e. The van der Waals surface area contributed by atoms with Crippen molar-refractivity contribution in [2.24, 2.45) is 0 Å². The van der Waals surface area contributed by atoms with Gasteiger partial charge in [-0.05, 0) is 0 Å². The molecule has 0 bridgehead atoms. The molecule has 19 heavy (non-hydrogen) atoms. The highest BCUT2D eigenvalue weighted by Crippen LogP contribution is 2.24. The number of thiazole rings is 1. The third kappa shape index (κ3) is 3.06. The molecule has 0 aliphatic carbocycles. The van der Waals surface area contributed by atoms with Gasteiger partial charge in [0.15, 0.2) is 9.90 Å². The molecule has 0 N–H and O–H groups in total. The van der Waals surface area contributed by atoms with Crippen LogP contribution in [0.2, 0.25) is 0 Å². The van der Waals surface area contributed by atoms with Crippen molar-refractivity contribution < 1.29 is 17.9 Å². The number of hydrogen-bond donors (Lipinski definition) is 0. The monoisotopic (exact) mass is 300 g/mol. The van der Waals surface area contributed by atoms with Crippen LogP contribution in [0.15, 0.2) is 9.72 Å². The zero-order valence-corrected chi connectivity index (χ0v) is 11.4. The van der Waals surface area contributed by atoms with Crippen molar-refractivity contribution in [2.45, 2.75) is 4.21 Å². The molecule has 0 fully saturated rings. The summed E-state index contributed by atoms with van der Waals surface area (Å²) in [6, 6.07) is 3.29. The molecule has 0 saturated carbocycles. The lowest BCUT2D eigenvalue weighted by Crippen LogP contribution is -2.32. The van der Waals surface area contributed by atoms with Gasteiger partial charge in [0.2, 0.25) is 0 Å². The standard InChI is InChI=1S/C9H8N4O4S2/c1-17-8(14)7-9(18-6-12-7)19(15,16)13(4-2-10)5-3-11/h6H,4-5H2,1H3. The quantitative estimate of drug-likeness (QED) is 0.552. The number of ether oxygens (including phenoxy) is 1. The Morgan fingerprint density at radius 1 is 1.47 bits per heavy atom. The fourth-order valence-corrected chi connectivity index (χ4v) is 3.66. The van der Waals surface area contributed by atoms with Crippen molar-refractivity contribution in [3.8, 4) is 12.1 Å². The molecule has 0 atom stereocenters. The van der Waals surface area contributed by atoms with Gasteiger partial charge in [-0.2, -0.15) is 14.8 Å². The second kappa shape index (κ2) is 6.24.